The second-order valence-electron chi connectivity index (χ2n) is 7.97. The number of carbonyl (C=O) groups excluding carboxylic acids is 2. The van der Waals surface area contributed by atoms with E-state index in [1.807, 2.05) is 49.6 Å². The summed E-state index contributed by atoms with van der Waals surface area (Å²) in [6.07, 6.45) is 0.340. The predicted octanol–water partition coefficient (Wildman–Crippen LogP) is 4.34. The molecule has 0 atom stereocenters. The van der Waals surface area contributed by atoms with E-state index >= 15 is 0 Å². The monoisotopic (exact) mass is 386 g/mol. The van der Waals surface area contributed by atoms with Gasteiger partial charge >= 0.3 is 0 Å². The minimum atomic E-state index is -0.601. The minimum Gasteiger partial charge on any atom is -0.490 e. The van der Waals surface area contributed by atoms with Gasteiger partial charge in [0.1, 0.15) is 12.4 Å². The maximum absolute atomic E-state index is 13.1. The van der Waals surface area contributed by atoms with Crippen molar-refractivity contribution in [2.75, 3.05) is 23.4 Å². The lowest BCUT2D eigenvalue weighted by Gasteiger charge is -2.29. The zero-order valence-corrected chi connectivity index (χ0v) is 17.1. The second-order valence-corrected chi connectivity index (χ2v) is 9.00. The van der Waals surface area contributed by atoms with Gasteiger partial charge in [0.2, 0.25) is 11.8 Å². The molecule has 0 bridgehead atoms. The number of hydrogen-bond acceptors (Lipinski definition) is 4. The van der Waals surface area contributed by atoms with Crippen molar-refractivity contribution in [1.82, 2.24) is 0 Å². The summed E-state index contributed by atoms with van der Waals surface area (Å²) >= 11 is 1.56. The Hall–Kier alpha value is -2.34. The molecule has 0 saturated carbocycles. The lowest BCUT2D eigenvalue weighted by molar-refractivity contribution is -0.127. The first-order chi connectivity index (χ1) is 12.8. The lowest BCUT2D eigenvalue weighted by Crippen LogP contribution is -2.43. The Kier molecular flexibility index (Phi) is 5.56. The molecule has 6 heteroatoms. The van der Waals surface area contributed by atoms with Crippen LogP contribution in [0.2, 0.25) is 0 Å². The van der Waals surface area contributed by atoms with Crippen LogP contribution in [0, 0.1) is 11.3 Å². The lowest BCUT2D eigenvalue weighted by atomic mass is 9.92. The summed E-state index contributed by atoms with van der Waals surface area (Å²) in [5.74, 6) is 0.949. The number of carbonyl (C=O) groups is 2. The third-order valence-corrected chi connectivity index (χ3v) is 5.29. The van der Waals surface area contributed by atoms with Gasteiger partial charge in [-0.25, -0.2) is 0 Å². The third kappa shape index (κ3) is 4.50. The summed E-state index contributed by atoms with van der Waals surface area (Å²) in [4.78, 5) is 28.2. The van der Waals surface area contributed by atoms with Crippen LogP contribution in [0.3, 0.4) is 0 Å². The quantitative estimate of drug-likeness (QED) is 0.832. The Morgan fingerprint density at radius 1 is 1.33 bits per heavy atom. The van der Waals surface area contributed by atoms with Crippen LogP contribution >= 0.6 is 11.3 Å². The van der Waals surface area contributed by atoms with Gasteiger partial charge in [-0.05, 0) is 49.4 Å². The maximum atomic E-state index is 13.1. The smallest absolute Gasteiger partial charge is 0.236 e. The van der Waals surface area contributed by atoms with E-state index in [0.717, 1.165) is 4.88 Å². The summed E-state index contributed by atoms with van der Waals surface area (Å²) < 4.78 is 5.92. The maximum Gasteiger partial charge on any atom is 0.236 e. The molecule has 0 spiro atoms. The van der Waals surface area contributed by atoms with Crippen molar-refractivity contribution in [1.29, 1.82) is 0 Å². The van der Waals surface area contributed by atoms with E-state index in [2.05, 4.69) is 19.2 Å². The molecule has 27 heavy (non-hydrogen) atoms. The highest BCUT2D eigenvalue weighted by Crippen LogP contribution is 2.38. The number of nitrogens with zero attached hydrogens (tertiary/aromatic N) is 1. The van der Waals surface area contributed by atoms with Gasteiger partial charge in [-0.15, -0.1) is 11.3 Å². The normalized spacial score (nSPS) is 15.9. The van der Waals surface area contributed by atoms with Crippen LogP contribution in [-0.2, 0) is 16.0 Å². The van der Waals surface area contributed by atoms with Crippen LogP contribution in [0.5, 0.6) is 5.75 Å². The number of benzene rings is 1. The van der Waals surface area contributed by atoms with E-state index in [-0.39, 0.29) is 11.8 Å². The molecule has 2 aromatic rings. The molecule has 3 rings (SSSR count). The van der Waals surface area contributed by atoms with Gasteiger partial charge in [0.15, 0.2) is 0 Å². The summed E-state index contributed by atoms with van der Waals surface area (Å²) in [5, 5.41) is 4.89. The highest BCUT2D eigenvalue weighted by molar-refractivity contribution is 7.10. The van der Waals surface area contributed by atoms with Crippen molar-refractivity contribution in [3.05, 3.63) is 40.6 Å². The molecule has 0 saturated heterocycles. The van der Waals surface area contributed by atoms with Crippen molar-refractivity contribution in [2.45, 2.75) is 34.1 Å². The van der Waals surface area contributed by atoms with E-state index in [0.29, 0.717) is 42.6 Å². The molecule has 0 unspecified atom stereocenters. The van der Waals surface area contributed by atoms with E-state index < -0.39 is 5.41 Å². The zero-order chi connectivity index (χ0) is 19.6. The van der Waals surface area contributed by atoms with Crippen LogP contribution in [0.4, 0.5) is 11.4 Å². The van der Waals surface area contributed by atoms with Crippen LogP contribution in [-0.4, -0.2) is 25.0 Å². The fourth-order valence-corrected chi connectivity index (χ4v) is 3.75. The number of amides is 2. The first-order valence-corrected chi connectivity index (χ1v) is 10.1. The number of hydrogen-bond donors (Lipinski definition) is 1. The molecule has 2 amide bonds. The summed E-state index contributed by atoms with van der Waals surface area (Å²) in [7, 11) is 0. The first kappa shape index (κ1) is 19.4. The Morgan fingerprint density at radius 3 is 2.78 bits per heavy atom. The average Bonchev–Trinajstić information content (AvgIpc) is 3.07. The molecular formula is C21H26N2O3S. The highest BCUT2D eigenvalue weighted by atomic mass is 32.1. The van der Waals surface area contributed by atoms with Crippen LogP contribution < -0.4 is 15.0 Å². The van der Waals surface area contributed by atoms with Crippen molar-refractivity contribution >= 4 is 34.5 Å². The van der Waals surface area contributed by atoms with Crippen LogP contribution in [0.15, 0.2) is 35.7 Å². The molecule has 0 fully saturated rings. The Bertz CT molecular complexity index is 828. The standard InChI is InChI=1S/C21H26N2O3S/c1-14(2)12-23-17-10-15(22-19(24)11-16-6-5-9-27-16)7-8-18(17)26-13-21(3,4)20(23)25/h5-10,14H,11-13H2,1-4H3,(H,22,24). The average molecular weight is 387 g/mol. The molecule has 144 valence electrons. The van der Waals surface area contributed by atoms with Gasteiger partial charge in [-0.3, -0.25) is 9.59 Å². The second kappa shape index (κ2) is 7.72. The van der Waals surface area contributed by atoms with Crippen molar-refractivity contribution in [3.63, 3.8) is 0 Å². The van der Waals surface area contributed by atoms with Gasteiger partial charge in [0, 0.05) is 17.1 Å². The van der Waals surface area contributed by atoms with Gasteiger partial charge in [-0.1, -0.05) is 19.9 Å². The number of thiophene rings is 1. The van der Waals surface area contributed by atoms with Crippen molar-refractivity contribution < 1.29 is 14.3 Å². The van der Waals surface area contributed by atoms with Crippen molar-refractivity contribution in [2.24, 2.45) is 11.3 Å². The SMILES string of the molecule is CC(C)CN1C(=O)C(C)(C)COc2ccc(NC(=O)Cc3cccs3)cc21. The van der Waals surface area contributed by atoms with E-state index in [9.17, 15) is 9.59 Å². The number of fused-ring (bicyclic) bond motifs is 1. The van der Waals surface area contributed by atoms with Crippen LogP contribution in [0.25, 0.3) is 0 Å². The number of nitrogens with one attached hydrogen (secondary N) is 1. The fraction of sp³-hybridized carbons (Fsp3) is 0.429. The molecule has 5 nitrogen and oxygen atoms in total. The van der Waals surface area contributed by atoms with Gasteiger partial charge < -0.3 is 15.0 Å². The van der Waals surface area contributed by atoms with Gasteiger partial charge in [-0.2, -0.15) is 0 Å². The molecular weight excluding hydrogens is 360 g/mol. The Balaban J connectivity index is 1.87. The molecule has 1 N–H and O–H groups in total. The summed E-state index contributed by atoms with van der Waals surface area (Å²) in [6.45, 7) is 8.90. The van der Waals surface area contributed by atoms with E-state index in [4.69, 9.17) is 4.74 Å². The largest absolute Gasteiger partial charge is 0.490 e. The molecule has 2 heterocycles. The van der Waals surface area contributed by atoms with E-state index in [1.165, 1.54) is 0 Å². The number of anilines is 2. The number of ether oxygens (including phenoxy) is 1. The van der Waals surface area contributed by atoms with Crippen molar-refractivity contribution in [3.8, 4) is 5.75 Å². The summed E-state index contributed by atoms with van der Waals surface area (Å²) in [5.41, 5.74) is 0.782. The first-order valence-electron chi connectivity index (χ1n) is 9.17. The van der Waals surface area contributed by atoms with E-state index in [1.54, 1.807) is 16.2 Å². The summed E-state index contributed by atoms with van der Waals surface area (Å²) in [6, 6.07) is 9.37. The molecule has 1 aromatic carbocycles. The minimum absolute atomic E-state index is 0.0389. The topological polar surface area (TPSA) is 58.6 Å². The molecule has 0 aliphatic carbocycles. The fourth-order valence-electron chi connectivity index (χ4n) is 3.05. The molecule has 1 aromatic heterocycles. The molecule has 1 aliphatic rings. The Morgan fingerprint density at radius 2 is 2.11 bits per heavy atom. The van der Waals surface area contributed by atoms with Gasteiger partial charge in [0.25, 0.3) is 0 Å². The third-order valence-electron chi connectivity index (χ3n) is 4.41. The number of rotatable bonds is 5. The Labute approximate surface area is 164 Å². The highest BCUT2D eigenvalue weighted by Gasteiger charge is 2.38. The van der Waals surface area contributed by atoms with Gasteiger partial charge in [0.05, 0.1) is 17.5 Å². The van der Waals surface area contributed by atoms with Crippen LogP contribution in [0.1, 0.15) is 32.6 Å². The molecule has 0 radical (unpaired) electrons. The molecule has 1 aliphatic heterocycles. The predicted molar refractivity (Wildman–Crippen MR) is 110 cm³/mol. The zero-order valence-electron chi connectivity index (χ0n) is 16.2.